The highest BCUT2D eigenvalue weighted by atomic mass is 32.2. The number of thioether (sulfide) groups is 1. The summed E-state index contributed by atoms with van der Waals surface area (Å²) in [5.74, 6) is 0. The molecule has 0 saturated heterocycles. The topological polar surface area (TPSA) is 0 Å². The minimum absolute atomic E-state index is 0.100. The maximum atomic E-state index is 2.32. The molecule has 0 fully saturated rings. The van der Waals surface area contributed by atoms with Crippen LogP contribution in [0.4, 0.5) is 0 Å². The van der Waals surface area contributed by atoms with Gasteiger partial charge in [0.1, 0.15) is 0 Å². The fourth-order valence-corrected chi connectivity index (χ4v) is 3.80. The predicted molar refractivity (Wildman–Crippen MR) is 88.0 cm³/mol. The van der Waals surface area contributed by atoms with Crippen LogP contribution in [0.3, 0.4) is 0 Å². The van der Waals surface area contributed by atoms with Crippen LogP contribution in [0.1, 0.15) is 49.1 Å². The van der Waals surface area contributed by atoms with Crippen molar-refractivity contribution in [3.8, 4) is 0 Å². The Morgan fingerprint density at radius 3 is 2.74 bits per heavy atom. The lowest BCUT2D eigenvalue weighted by Gasteiger charge is -2.26. The molecule has 1 aromatic carbocycles. The van der Waals surface area contributed by atoms with E-state index in [1.54, 1.807) is 11.1 Å². The van der Waals surface area contributed by atoms with Gasteiger partial charge in [0.2, 0.25) is 0 Å². The molecule has 0 heterocycles. The summed E-state index contributed by atoms with van der Waals surface area (Å²) in [7, 11) is 0. The van der Waals surface area contributed by atoms with Crippen LogP contribution in [0.25, 0.3) is 0 Å². The zero-order valence-electron chi connectivity index (χ0n) is 12.4. The van der Waals surface area contributed by atoms with Gasteiger partial charge < -0.3 is 0 Å². The average Bonchev–Trinajstić information content (AvgIpc) is 2.81. The quantitative estimate of drug-likeness (QED) is 0.657. The molecular weight excluding hydrogens is 248 g/mol. The molecule has 102 valence electrons. The molecule has 0 N–H and O–H groups in total. The number of fused-ring (bicyclic) bond motifs is 1. The summed E-state index contributed by atoms with van der Waals surface area (Å²) < 4.78 is 0. The van der Waals surface area contributed by atoms with Gasteiger partial charge in [-0.15, -0.1) is 0 Å². The van der Waals surface area contributed by atoms with Crippen molar-refractivity contribution in [2.75, 3.05) is 6.26 Å². The van der Waals surface area contributed by atoms with Crippen molar-refractivity contribution in [1.29, 1.82) is 0 Å². The third-order valence-corrected chi connectivity index (χ3v) is 5.03. The molecular formula is C18H24S. The molecule has 2 rings (SSSR count). The summed E-state index contributed by atoms with van der Waals surface area (Å²) in [6.07, 6.45) is 13.4. The number of allylic oxidation sites excluding steroid dienone is 4. The van der Waals surface area contributed by atoms with Crippen molar-refractivity contribution in [3.63, 3.8) is 0 Å². The van der Waals surface area contributed by atoms with Crippen LogP contribution >= 0.6 is 11.8 Å². The first kappa shape index (κ1) is 14.5. The van der Waals surface area contributed by atoms with E-state index in [0.717, 1.165) is 0 Å². The van der Waals surface area contributed by atoms with Crippen molar-refractivity contribution in [2.45, 2.75) is 44.3 Å². The monoisotopic (exact) mass is 272 g/mol. The summed E-state index contributed by atoms with van der Waals surface area (Å²) in [6, 6.07) is 6.84. The maximum Gasteiger partial charge on any atom is 0.0303 e. The molecule has 1 aliphatic rings. The first-order chi connectivity index (χ1) is 9.10. The van der Waals surface area contributed by atoms with Gasteiger partial charge in [0.15, 0.2) is 0 Å². The van der Waals surface area contributed by atoms with Crippen LogP contribution in [0.5, 0.6) is 0 Å². The van der Waals surface area contributed by atoms with Crippen molar-refractivity contribution < 1.29 is 0 Å². The maximum absolute atomic E-state index is 2.32. The Morgan fingerprint density at radius 2 is 2.05 bits per heavy atom. The molecule has 0 saturated carbocycles. The Bertz CT molecular complexity index is 494. The van der Waals surface area contributed by atoms with Gasteiger partial charge in [0.25, 0.3) is 0 Å². The van der Waals surface area contributed by atoms with Crippen molar-refractivity contribution in [1.82, 2.24) is 0 Å². The molecule has 0 nitrogen and oxygen atoms in total. The van der Waals surface area contributed by atoms with E-state index in [9.17, 15) is 0 Å². The van der Waals surface area contributed by atoms with Crippen LogP contribution in [-0.2, 0) is 11.8 Å². The van der Waals surface area contributed by atoms with Crippen LogP contribution in [0.15, 0.2) is 42.5 Å². The Morgan fingerprint density at radius 1 is 1.26 bits per heavy atom. The molecule has 1 atom stereocenters. The standard InChI is InChI=1S/C18H24S/c1-5-6-7-13-18(2,3)15-10-8-9-14-11-12-16(19-4)17(14)15/h5-10,13,16H,11-12H2,1-4H3/b6-5-,13-7-. The fraction of sp³-hybridized carbons (Fsp3) is 0.444. The molecule has 1 aliphatic carbocycles. The summed E-state index contributed by atoms with van der Waals surface area (Å²) in [4.78, 5) is 0. The van der Waals surface area contributed by atoms with Gasteiger partial charge in [-0.25, -0.2) is 0 Å². The number of rotatable bonds is 4. The van der Waals surface area contributed by atoms with E-state index >= 15 is 0 Å². The minimum atomic E-state index is 0.100. The fourth-order valence-electron chi connectivity index (χ4n) is 2.94. The Kier molecular flexibility index (Phi) is 4.57. The second-order valence-electron chi connectivity index (χ2n) is 5.75. The van der Waals surface area contributed by atoms with Crippen molar-refractivity contribution in [3.05, 3.63) is 59.2 Å². The first-order valence-corrected chi connectivity index (χ1v) is 8.34. The highest BCUT2D eigenvalue weighted by Crippen LogP contribution is 2.45. The van der Waals surface area contributed by atoms with E-state index in [4.69, 9.17) is 0 Å². The zero-order chi connectivity index (χ0) is 13.9. The van der Waals surface area contributed by atoms with E-state index < -0.39 is 0 Å². The lowest BCUT2D eigenvalue weighted by Crippen LogP contribution is -2.16. The van der Waals surface area contributed by atoms with Crippen molar-refractivity contribution >= 4 is 11.8 Å². The van der Waals surface area contributed by atoms with Gasteiger partial charge in [-0.05, 0) is 42.7 Å². The average molecular weight is 272 g/mol. The number of benzene rings is 1. The third-order valence-electron chi connectivity index (χ3n) is 3.99. The molecule has 0 bridgehead atoms. The predicted octanol–water partition coefficient (Wildman–Crippen LogP) is 5.45. The molecule has 0 aliphatic heterocycles. The van der Waals surface area contributed by atoms with Gasteiger partial charge in [-0.2, -0.15) is 11.8 Å². The Hall–Kier alpha value is -0.950. The highest BCUT2D eigenvalue weighted by Gasteiger charge is 2.29. The van der Waals surface area contributed by atoms with Crippen LogP contribution in [-0.4, -0.2) is 6.26 Å². The lowest BCUT2D eigenvalue weighted by molar-refractivity contribution is 0.659. The normalized spacial score (nSPS) is 19.5. The Balaban J connectivity index is 2.43. The summed E-state index contributed by atoms with van der Waals surface area (Å²) >= 11 is 2.00. The first-order valence-electron chi connectivity index (χ1n) is 7.05. The summed E-state index contributed by atoms with van der Waals surface area (Å²) in [5, 5.41) is 0.681. The largest absolute Gasteiger partial charge is 0.157 e. The second-order valence-corrected chi connectivity index (χ2v) is 6.79. The Labute approximate surface area is 122 Å². The zero-order valence-corrected chi connectivity index (χ0v) is 13.3. The molecule has 0 spiro atoms. The number of hydrogen-bond donors (Lipinski definition) is 0. The molecule has 1 unspecified atom stereocenters. The van der Waals surface area contributed by atoms with E-state index in [1.807, 2.05) is 11.8 Å². The van der Waals surface area contributed by atoms with E-state index in [1.165, 1.54) is 18.4 Å². The second kappa shape index (κ2) is 6.00. The highest BCUT2D eigenvalue weighted by molar-refractivity contribution is 7.98. The molecule has 0 aromatic heterocycles. The van der Waals surface area contributed by atoms with E-state index in [2.05, 4.69) is 69.5 Å². The molecule has 0 amide bonds. The van der Waals surface area contributed by atoms with E-state index in [0.29, 0.717) is 5.25 Å². The van der Waals surface area contributed by atoms with Gasteiger partial charge in [-0.3, -0.25) is 0 Å². The van der Waals surface area contributed by atoms with Gasteiger partial charge in [-0.1, -0.05) is 56.4 Å². The molecule has 0 radical (unpaired) electrons. The van der Waals surface area contributed by atoms with Gasteiger partial charge in [0, 0.05) is 10.7 Å². The summed E-state index contributed by atoms with van der Waals surface area (Å²) in [5.41, 5.74) is 4.76. The van der Waals surface area contributed by atoms with E-state index in [-0.39, 0.29) is 5.41 Å². The van der Waals surface area contributed by atoms with Crippen LogP contribution in [0.2, 0.25) is 0 Å². The lowest BCUT2D eigenvalue weighted by atomic mass is 9.80. The number of aryl methyl sites for hydroxylation is 1. The van der Waals surface area contributed by atoms with Crippen molar-refractivity contribution in [2.24, 2.45) is 0 Å². The van der Waals surface area contributed by atoms with Gasteiger partial charge >= 0.3 is 0 Å². The third kappa shape index (κ3) is 2.97. The molecule has 19 heavy (non-hydrogen) atoms. The molecule has 1 aromatic rings. The smallest absolute Gasteiger partial charge is 0.0303 e. The summed E-state index contributed by atoms with van der Waals surface area (Å²) in [6.45, 7) is 6.69. The number of hydrogen-bond acceptors (Lipinski definition) is 1. The SMILES string of the molecule is C/C=C\C=C/C(C)(C)c1cccc2c1C(SC)CC2. The van der Waals surface area contributed by atoms with Crippen LogP contribution in [0, 0.1) is 0 Å². The minimum Gasteiger partial charge on any atom is -0.157 e. The van der Waals surface area contributed by atoms with Crippen LogP contribution < -0.4 is 0 Å². The van der Waals surface area contributed by atoms with Gasteiger partial charge in [0.05, 0.1) is 0 Å². The molecule has 1 heteroatoms.